The van der Waals surface area contributed by atoms with E-state index in [-0.39, 0.29) is 17.5 Å². The van der Waals surface area contributed by atoms with Crippen LogP contribution in [0.4, 0.5) is 0 Å². The Hall–Kier alpha value is -2.25. The van der Waals surface area contributed by atoms with Gasteiger partial charge in [-0.3, -0.25) is 14.2 Å². The van der Waals surface area contributed by atoms with Crippen molar-refractivity contribution in [3.63, 3.8) is 0 Å². The molecular formula is C25H38N4O3. The molecule has 1 atom stereocenters. The Morgan fingerprint density at radius 2 is 1.94 bits per heavy atom. The first-order chi connectivity index (χ1) is 15.4. The molecule has 1 amide bonds. The van der Waals surface area contributed by atoms with E-state index in [0.717, 1.165) is 13.0 Å². The van der Waals surface area contributed by atoms with Crippen molar-refractivity contribution in [1.82, 2.24) is 19.4 Å². The number of nitrogens with zero attached hydrogens (tertiary/aromatic N) is 4. The van der Waals surface area contributed by atoms with Crippen molar-refractivity contribution < 1.29 is 9.53 Å². The lowest BCUT2D eigenvalue weighted by Crippen LogP contribution is -2.41. The first-order valence-electron chi connectivity index (χ1n) is 11.8. The zero-order valence-corrected chi connectivity index (χ0v) is 20.0. The third-order valence-corrected chi connectivity index (χ3v) is 6.60. The standard InChI is InChI=1S/C25H38N4O3/c1-19(28(16-15-27(2)3)23(30)14-13-20-9-5-6-10-20)24-26-22-12-8-7-11-21(22)25(31)29(24)17-18-32-4/h7-8,11-12,19-20H,5-6,9-10,13-18H2,1-4H3. The first-order valence-corrected chi connectivity index (χ1v) is 11.8. The molecule has 0 aliphatic heterocycles. The molecule has 176 valence electrons. The number of benzene rings is 1. The Morgan fingerprint density at radius 1 is 1.22 bits per heavy atom. The number of hydrogen-bond donors (Lipinski definition) is 0. The number of likely N-dealkylation sites (N-methyl/N-ethyl adjacent to an activating group) is 1. The lowest BCUT2D eigenvalue weighted by Gasteiger charge is -2.32. The van der Waals surface area contributed by atoms with Crippen LogP contribution >= 0.6 is 0 Å². The van der Waals surface area contributed by atoms with Gasteiger partial charge in [-0.1, -0.05) is 37.8 Å². The van der Waals surface area contributed by atoms with Gasteiger partial charge in [0.1, 0.15) is 5.82 Å². The maximum absolute atomic E-state index is 13.4. The van der Waals surface area contributed by atoms with E-state index in [2.05, 4.69) is 4.90 Å². The van der Waals surface area contributed by atoms with Crippen molar-refractivity contribution in [2.45, 2.75) is 58.0 Å². The van der Waals surface area contributed by atoms with Gasteiger partial charge in [-0.05, 0) is 45.5 Å². The van der Waals surface area contributed by atoms with Crippen LogP contribution < -0.4 is 5.56 Å². The van der Waals surface area contributed by atoms with Gasteiger partial charge < -0.3 is 14.5 Å². The second kappa shape index (κ2) is 11.6. The van der Waals surface area contributed by atoms with E-state index in [9.17, 15) is 9.59 Å². The Bertz CT molecular complexity index is 950. The van der Waals surface area contributed by atoms with Crippen molar-refractivity contribution in [2.24, 2.45) is 5.92 Å². The van der Waals surface area contributed by atoms with Gasteiger partial charge in [-0.25, -0.2) is 4.98 Å². The second-order valence-electron chi connectivity index (χ2n) is 9.19. The van der Waals surface area contributed by atoms with Gasteiger partial charge in [0.2, 0.25) is 5.91 Å². The summed E-state index contributed by atoms with van der Waals surface area (Å²) in [6, 6.07) is 7.10. The van der Waals surface area contributed by atoms with Crippen LogP contribution in [-0.2, 0) is 16.1 Å². The summed E-state index contributed by atoms with van der Waals surface area (Å²) < 4.78 is 6.94. The Balaban J connectivity index is 1.93. The molecule has 1 saturated carbocycles. The van der Waals surface area contributed by atoms with Crippen molar-refractivity contribution in [1.29, 1.82) is 0 Å². The minimum atomic E-state index is -0.305. The van der Waals surface area contributed by atoms with Gasteiger partial charge in [0.05, 0.1) is 30.1 Å². The number of hydrogen-bond acceptors (Lipinski definition) is 5. The highest BCUT2D eigenvalue weighted by Gasteiger charge is 2.27. The maximum Gasteiger partial charge on any atom is 0.261 e. The van der Waals surface area contributed by atoms with Crippen molar-refractivity contribution >= 4 is 16.8 Å². The number of ether oxygens (including phenoxy) is 1. The quantitative estimate of drug-likeness (QED) is 0.533. The molecular weight excluding hydrogens is 404 g/mol. The lowest BCUT2D eigenvalue weighted by atomic mass is 10.0. The van der Waals surface area contributed by atoms with Gasteiger partial charge in [0.15, 0.2) is 0 Å². The van der Waals surface area contributed by atoms with Crippen LogP contribution in [-0.4, -0.2) is 66.2 Å². The normalized spacial score (nSPS) is 15.5. The number of carbonyl (C=O) groups is 1. The smallest absolute Gasteiger partial charge is 0.261 e. The Morgan fingerprint density at radius 3 is 2.62 bits per heavy atom. The monoisotopic (exact) mass is 442 g/mol. The molecule has 7 nitrogen and oxygen atoms in total. The van der Waals surface area contributed by atoms with E-state index >= 15 is 0 Å². The SMILES string of the molecule is COCCn1c(C(C)N(CCN(C)C)C(=O)CCC2CCCC2)nc2ccccc2c1=O. The third kappa shape index (κ3) is 5.95. The van der Waals surface area contributed by atoms with Gasteiger partial charge in [0, 0.05) is 26.6 Å². The second-order valence-corrected chi connectivity index (χ2v) is 9.19. The zero-order valence-electron chi connectivity index (χ0n) is 20.0. The molecule has 1 aliphatic carbocycles. The largest absolute Gasteiger partial charge is 0.383 e. The summed E-state index contributed by atoms with van der Waals surface area (Å²) >= 11 is 0. The minimum absolute atomic E-state index is 0.0829. The van der Waals surface area contributed by atoms with Crippen LogP contribution in [0.15, 0.2) is 29.1 Å². The molecule has 1 aromatic carbocycles. The molecule has 1 heterocycles. The number of carbonyl (C=O) groups excluding carboxylic acids is 1. The molecule has 0 N–H and O–H groups in total. The molecule has 1 unspecified atom stereocenters. The summed E-state index contributed by atoms with van der Waals surface area (Å²) in [7, 11) is 5.64. The van der Waals surface area contributed by atoms with E-state index in [1.54, 1.807) is 17.7 Å². The zero-order chi connectivity index (χ0) is 23.1. The fourth-order valence-electron chi connectivity index (χ4n) is 4.65. The van der Waals surface area contributed by atoms with Gasteiger partial charge in [0.25, 0.3) is 5.56 Å². The van der Waals surface area contributed by atoms with Crippen molar-refractivity contribution in [2.75, 3.05) is 40.9 Å². The highest BCUT2D eigenvalue weighted by atomic mass is 16.5. The van der Waals surface area contributed by atoms with E-state index in [1.165, 1.54) is 25.7 Å². The maximum atomic E-state index is 13.4. The fourth-order valence-corrected chi connectivity index (χ4v) is 4.65. The van der Waals surface area contributed by atoms with E-state index < -0.39 is 0 Å². The van der Waals surface area contributed by atoms with Crippen LogP contribution in [0.2, 0.25) is 0 Å². The molecule has 0 spiro atoms. The summed E-state index contributed by atoms with van der Waals surface area (Å²) in [6.07, 6.45) is 6.55. The molecule has 0 radical (unpaired) electrons. The number of fused-ring (bicyclic) bond motifs is 1. The summed E-state index contributed by atoms with van der Waals surface area (Å²) in [4.78, 5) is 35.5. The van der Waals surface area contributed by atoms with Crippen LogP contribution in [0.5, 0.6) is 0 Å². The molecule has 0 bridgehead atoms. The molecule has 3 rings (SSSR count). The molecule has 1 aliphatic rings. The molecule has 0 saturated heterocycles. The molecule has 7 heteroatoms. The van der Waals surface area contributed by atoms with Gasteiger partial charge in [-0.15, -0.1) is 0 Å². The van der Waals surface area contributed by atoms with E-state index in [4.69, 9.17) is 9.72 Å². The number of methoxy groups -OCH3 is 1. The predicted octanol–water partition coefficient (Wildman–Crippen LogP) is 3.46. The highest BCUT2D eigenvalue weighted by Crippen LogP contribution is 2.29. The van der Waals surface area contributed by atoms with Crippen molar-refractivity contribution in [3.8, 4) is 0 Å². The van der Waals surface area contributed by atoms with Crippen LogP contribution in [0.25, 0.3) is 10.9 Å². The Labute approximate surface area is 191 Å². The van der Waals surface area contributed by atoms with Crippen LogP contribution in [0, 0.1) is 5.92 Å². The average Bonchev–Trinajstić information content (AvgIpc) is 3.30. The Kier molecular flexibility index (Phi) is 8.82. The van der Waals surface area contributed by atoms with Crippen LogP contribution in [0.1, 0.15) is 57.3 Å². The van der Waals surface area contributed by atoms with E-state index in [1.807, 2.05) is 44.1 Å². The average molecular weight is 443 g/mol. The number of para-hydroxylation sites is 1. The molecule has 1 aromatic heterocycles. The lowest BCUT2D eigenvalue weighted by molar-refractivity contribution is -0.134. The highest BCUT2D eigenvalue weighted by molar-refractivity contribution is 5.78. The minimum Gasteiger partial charge on any atom is -0.383 e. The number of rotatable bonds is 11. The molecule has 32 heavy (non-hydrogen) atoms. The fraction of sp³-hybridized carbons (Fsp3) is 0.640. The molecule has 1 fully saturated rings. The topological polar surface area (TPSA) is 67.7 Å². The first kappa shape index (κ1) is 24.4. The predicted molar refractivity (Wildman–Crippen MR) is 128 cm³/mol. The van der Waals surface area contributed by atoms with Crippen LogP contribution in [0.3, 0.4) is 0 Å². The van der Waals surface area contributed by atoms with Gasteiger partial charge in [-0.2, -0.15) is 0 Å². The summed E-state index contributed by atoms with van der Waals surface area (Å²) in [5, 5.41) is 0.590. The van der Waals surface area contributed by atoms with Gasteiger partial charge >= 0.3 is 0 Å². The summed E-state index contributed by atoms with van der Waals surface area (Å²) in [6.45, 7) is 4.17. The molecule has 2 aromatic rings. The van der Waals surface area contributed by atoms with Crippen molar-refractivity contribution in [3.05, 3.63) is 40.4 Å². The van der Waals surface area contributed by atoms with E-state index in [0.29, 0.717) is 48.8 Å². The number of aromatic nitrogens is 2. The summed E-state index contributed by atoms with van der Waals surface area (Å²) in [5.41, 5.74) is 0.583. The third-order valence-electron chi connectivity index (χ3n) is 6.60. The summed E-state index contributed by atoms with van der Waals surface area (Å²) in [5.74, 6) is 1.44. The number of amides is 1.